The number of aromatic amines is 1. The Balaban J connectivity index is 1.96. The minimum absolute atomic E-state index is 0.0968. The van der Waals surface area contributed by atoms with Gasteiger partial charge in [0.05, 0.1) is 17.1 Å². The molecule has 3 rings (SSSR count). The molecule has 0 radical (unpaired) electrons. The van der Waals surface area contributed by atoms with E-state index in [9.17, 15) is 46.7 Å². The van der Waals surface area contributed by atoms with E-state index in [1.54, 1.807) is 6.92 Å². The molecule has 1 aliphatic heterocycles. The van der Waals surface area contributed by atoms with Crippen molar-refractivity contribution in [3.05, 3.63) is 33.6 Å². The zero-order chi connectivity index (χ0) is 29.0. The molecule has 0 aromatic carbocycles. The number of nitrogens with one attached hydrogen (secondary N) is 1. The molecule has 5 N–H and O–H groups in total. The van der Waals surface area contributed by atoms with E-state index in [-0.39, 0.29) is 29.5 Å². The monoisotopic (exact) mass is 590 g/mol. The maximum absolute atomic E-state index is 14.6. The molecule has 0 spiro atoms. The zero-order valence-corrected chi connectivity index (χ0v) is 22.4. The van der Waals surface area contributed by atoms with Gasteiger partial charge in [0.15, 0.2) is 22.7 Å². The van der Waals surface area contributed by atoms with E-state index < -0.39 is 77.5 Å². The molecule has 38 heavy (non-hydrogen) atoms. The van der Waals surface area contributed by atoms with E-state index in [0.29, 0.717) is 0 Å². The summed E-state index contributed by atoms with van der Waals surface area (Å²) >= 11 is 5.13. The quantitative estimate of drug-likeness (QED) is 0.169. The summed E-state index contributed by atoms with van der Waals surface area (Å²) in [7, 11) is -4.59. The van der Waals surface area contributed by atoms with Crippen molar-refractivity contribution in [2.45, 2.75) is 88.5 Å². The first-order chi connectivity index (χ1) is 17.3. The number of hydrogen-bond acceptors (Lipinski definition) is 8. The van der Waals surface area contributed by atoms with Gasteiger partial charge < -0.3 is 34.5 Å². The Bertz CT molecular complexity index is 1320. The van der Waals surface area contributed by atoms with Crippen LogP contribution in [0.3, 0.4) is 0 Å². The zero-order valence-electron chi connectivity index (χ0n) is 20.7. The van der Waals surface area contributed by atoms with E-state index in [4.69, 9.17) is 21.5 Å². The van der Waals surface area contributed by atoms with Crippen molar-refractivity contribution in [1.82, 2.24) is 9.97 Å². The third-order valence-electron chi connectivity index (χ3n) is 6.85. The van der Waals surface area contributed by atoms with Crippen molar-refractivity contribution in [3.8, 4) is 0 Å². The summed E-state index contributed by atoms with van der Waals surface area (Å²) in [6, 6.07) is 0.874. The fourth-order valence-corrected chi connectivity index (χ4v) is 5.69. The molecule has 0 saturated carbocycles. The van der Waals surface area contributed by atoms with Crippen LogP contribution in [0, 0.1) is 16.3 Å². The summed E-state index contributed by atoms with van der Waals surface area (Å²) in [4.78, 5) is 15.7. The van der Waals surface area contributed by atoms with Gasteiger partial charge in [0.1, 0.15) is 28.6 Å². The molecule has 1 aliphatic rings. The molecular formula is C22H28F5N2O7PS. The molecule has 1 fully saturated rings. The highest BCUT2D eigenvalue weighted by Crippen LogP contribution is 2.59. The summed E-state index contributed by atoms with van der Waals surface area (Å²) in [5.41, 5.74) is -4.36. The Kier molecular flexibility index (Phi) is 8.50. The number of aliphatic hydroxyl groups is 3. The number of halogens is 5. The summed E-state index contributed by atoms with van der Waals surface area (Å²) in [6.07, 6.45) is -11.4. The summed E-state index contributed by atoms with van der Waals surface area (Å²) in [5, 5.41) is 28.8. The average Bonchev–Trinajstić information content (AvgIpc) is 3.07. The fourth-order valence-electron chi connectivity index (χ4n) is 4.02. The second-order valence-corrected chi connectivity index (χ2v) is 12.3. The second-order valence-electron chi connectivity index (χ2n) is 9.67. The normalized spacial score (nSPS) is 27.2. The third kappa shape index (κ3) is 5.66. The van der Waals surface area contributed by atoms with E-state index in [0.717, 1.165) is 13.0 Å². The number of fused-ring (bicyclic) bond motifs is 1. The number of aliphatic hydroxyl groups excluding tert-OH is 2. The highest BCUT2D eigenvalue weighted by atomic mass is 32.1. The van der Waals surface area contributed by atoms with Gasteiger partial charge in [-0.2, -0.15) is 13.2 Å². The van der Waals surface area contributed by atoms with Crippen molar-refractivity contribution in [2.24, 2.45) is 0 Å². The minimum Gasteiger partial charge on any atom is -0.388 e. The molecule has 0 bridgehead atoms. The van der Waals surface area contributed by atoms with Gasteiger partial charge in [0, 0.05) is 12.0 Å². The van der Waals surface area contributed by atoms with Crippen molar-refractivity contribution in [1.29, 1.82) is 0 Å². The van der Waals surface area contributed by atoms with Crippen LogP contribution in [0.15, 0.2) is 6.07 Å². The highest BCUT2D eigenvalue weighted by Gasteiger charge is 2.51. The topological polar surface area (TPSA) is 145 Å². The van der Waals surface area contributed by atoms with Gasteiger partial charge in [-0.05, 0) is 32.8 Å². The molecule has 0 aliphatic carbocycles. The Morgan fingerprint density at radius 1 is 1.16 bits per heavy atom. The van der Waals surface area contributed by atoms with E-state index in [1.165, 1.54) is 13.8 Å². The van der Waals surface area contributed by atoms with Crippen LogP contribution in [0.1, 0.15) is 64.3 Å². The van der Waals surface area contributed by atoms with Crippen LogP contribution in [-0.2, 0) is 20.0 Å². The Labute approximate surface area is 219 Å². The fraction of sp³-hybridized carbons (Fsp3) is 0.636. The van der Waals surface area contributed by atoms with Crippen LogP contribution >= 0.6 is 19.8 Å². The van der Waals surface area contributed by atoms with Gasteiger partial charge >= 0.3 is 13.8 Å². The van der Waals surface area contributed by atoms with Gasteiger partial charge in [0.2, 0.25) is 0 Å². The number of ether oxygens (including phenoxy) is 1. The van der Waals surface area contributed by atoms with E-state index >= 15 is 0 Å². The number of aromatic nitrogens is 2. The first-order valence-corrected chi connectivity index (χ1v) is 13.5. The molecule has 2 aromatic rings. The highest BCUT2D eigenvalue weighted by molar-refractivity contribution is 7.71. The van der Waals surface area contributed by atoms with Crippen LogP contribution in [0.2, 0.25) is 0 Å². The summed E-state index contributed by atoms with van der Waals surface area (Å²) < 4.78 is 91.4. The van der Waals surface area contributed by atoms with Gasteiger partial charge in [-0.3, -0.25) is 4.57 Å². The maximum atomic E-state index is 14.6. The minimum atomic E-state index is -5.27. The molecule has 2 aromatic heterocycles. The van der Waals surface area contributed by atoms with Crippen molar-refractivity contribution in [2.75, 3.05) is 0 Å². The van der Waals surface area contributed by atoms with Gasteiger partial charge in [-0.25, -0.2) is 13.8 Å². The molecule has 214 valence electrons. The smallest absolute Gasteiger partial charge is 0.388 e. The predicted molar refractivity (Wildman–Crippen MR) is 127 cm³/mol. The number of alkyl halides is 3. The van der Waals surface area contributed by atoms with E-state index in [1.807, 2.05) is 0 Å². The van der Waals surface area contributed by atoms with Crippen LogP contribution in [-0.4, -0.2) is 59.4 Å². The van der Waals surface area contributed by atoms with Crippen LogP contribution in [0.25, 0.3) is 11.0 Å². The molecule has 9 nitrogen and oxygen atoms in total. The summed E-state index contributed by atoms with van der Waals surface area (Å²) in [6.45, 7) is 5.69. The molecule has 1 saturated heterocycles. The average molecular weight is 591 g/mol. The number of hydrogen-bond donors (Lipinski definition) is 5. The first-order valence-electron chi connectivity index (χ1n) is 11.5. The number of H-pyrrole nitrogens is 1. The number of rotatable bonds is 8. The lowest BCUT2D eigenvalue weighted by atomic mass is 9.92. The first kappa shape index (κ1) is 31.0. The van der Waals surface area contributed by atoms with Crippen LogP contribution < -0.4 is 0 Å². The lowest BCUT2D eigenvalue weighted by molar-refractivity contribution is -0.143. The molecule has 3 heterocycles. The second kappa shape index (κ2) is 10.4. The standard InChI is InChI=1S/C22H28F5N2O7PS/c1-5-20(3,36-37(33,34)21(4,32)6-2)8-11-14(30)15(31)16(35-11)10-7-9-12(23)13(24)17(22(25,26)27)28-18(9)29-19(10)38/h7,11,14-16,30-32H,5-6,8H2,1-4H3,(H,33,34)(H,28,29,38)/t11-,14?,15+,16+,20?,21?/m1/s1. The third-order valence-corrected chi connectivity index (χ3v) is 9.41. The lowest BCUT2D eigenvalue weighted by Gasteiger charge is -2.37. The molecule has 4 unspecified atom stereocenters. The molecule has 7 atom stereocenters. The lowest BCUT2D eigenvalue weighted by Crippen LogP contribution is -2.40. The van der Waals surface area contributed by atoms with Crippen molar-refractivity contribution >= 4 is 30.8 Å². The number of nitrogens with zero attached hydrogens (tertiary/aromatic N) is 1. The largest absolute Gasteiger partial charge is 0.436 e. The number of pyridine rings is 2. The van der Waals surface area contributed by atoms with E-state index in [2.05, 4.69) is 9.97 Å². The predicted octanol–water partition coefficient (Wildman–Crippen LogP) is 4.63. The van der Waals surface area contributed by atoms with Crippen LogP contribution in [0.4, 0.5) is 22.0 Å². The maximum Gasteiger partial charge on any atom is 0.436 e. The summed E-state index contributed by atoms with van der Waals surface area (Å²) in [5.74, 6) is -4.08. The Morgan fingerprint density at radius 3 is 2.29 bits per heavy atom. The molecular weight excluding hydrogens is 562 g/mol. The Morgan fingerprint density at radius 2 is 1.76 bits per heavy atom. The van der Waals surface area contributed by atoms with Gasteiger partial charge in [0.25, 0.3) is 0 Å². The van der Waals surface area contributed by atoms with Gasteiger partial charge in [-0.1, -0.05) is 26.1 Å². The van der Waals surface area contributed by atoms with Crippen molar-refractivity contribution < 1.29 is 56.0 Å². The Hall–Kier alpha value is -1.58. The molecule has 16 heteroatoms. The van der Waals surface area contributed by atoms with Crippen LogP contribution in [0.5, 0.6) is 0 Å². The SMILES string of the molecule is CCC(C)(C[C@H]1O[C@@H](c2cc3c(F)c(F)c(C(F)(F)F)nc3[nH]c2=S)[C@@H](O)C1O)OP(=O)(O)C(C)(O)CC. The van der Waals surface area contributed by atoms with Crippen molar-refractivity contribution in [3.63, 3.8) is 0 Å². The van der Waals surface area contributed by atoms with Gasteiger partial charge in [-0.15, -0.1) is 0 Å². The molecule has 0 amide bonds.